The molecule has 0 aliphatic carbocycles. The number of fused-ring (bicyclic) bond motifs is 2. The molecule has 0 spiro atoms. The highest BCUT2D eigenvalue weighted by atomic mass is 19.1. The number of rotatable bonds is 4. The van der Waals surface area contributed by atoms with E-state index in [4.69, 9.17) is 9.47 Å². The third kappa shape index (κ3) is 3.34. The number of allylic oxidation sites excluding steroid dienone is 1. The SMILES string of the molecule is Cc1cc(OCc2c(F)cccc2F)cc2c1C(=O)/C(=C/c1cn(C)c3ccccc13)O2. The molecule has 32 heavy (non-hydrogen) atoms. The summed E-state index contributed by atoms with van der Waals surface area (Å²) in [6.07, 6.45) is 3.68. The first-order valence-electron chi connectivity index (χ1n) is 10.1. The van der Waals surface area contributed by atoms with Gasteiger partial charge >= 0.3 is 0 Å². The number of para-hydroxylation sites is 1. The number of aromatic nitrogens is 1. The van der Waals surface area contributed by atoms with Crippen molar-refractivity contribution in [3.8, 4) is 11.5 Å². The molecule has 2 heterocycles. The summed E-state index contributed by atoms with van der Waals surface area (Å²) in [5, 5.41) is 1.02. The van der Waals surface area contributed by atoms with Crippen molar-refractivity contribution in [2.45, 2.75) is 13.5 Å². The van der Waals surface area contributed by atoms with Crippen LogP contribution >= 0.6 is 0 Å². The summed E-state index contributed by atoms with van der Waals surface area (Å²) < 4.78 is 41.2. The van der Waals surface area contributed by atoms with Gasteiger partial charge in [0, 0.05) is 35.8 Å². The number of aryl methyl sites for hydroxylation is 2. The van der Waals surface area contributed by atoms with Gasteiger partial charge in [-0.3, -0.25) is 4.79 Å². The molecule has 0 unspecified atom stereocenters. The zero-order valence-corrected chi connectivity index (χ0v) is 17.5. The summed E-state index contributed by atoms with van der Waals surface area (Å²) in [7, 11) is 1.95. The van der Waals surface area contributed by atoms with Crippen LogP contribution < -0.4 is 9.47 Å². The molecule has 6 heteroatoms. The monoisotopic (exact) mass is 431 g/mol. The highest BCUT2D eigenvalue weighted by Gasteiger charge is 2.30. The molecule has 4 nitrogen and oxygen atoms in total. The smallest absolute Gasteiger partial charge is 0.232 e. The van der Waals surface area contributed by atoms with Crippen LogP contribution in [0.15, 0.2) is 66.6 Å². The van der Waals surface area contributed by atoms with Crippen LogP contribution in [-0.4, -0.2) is 10.4 Å². The highest BCUT2D eigenvalue weighted by molar-refractivity contribution is 6.16. The number of ketones is 1. The summed E-state index contributed by atoms with van der Waals surface area (Å²) in [6.45, 7) is 1.50. The molecular weight excluding hydrogens is 412 g/mol. The Balaban J connectivity index is 1.44. The number of hydrogen-bond acceptors (Lipinski definition) is 3. The number of benzene rings is 3. The average molecular weight is 431 g/mol. The molecule has 0 radical (unpaired) electrons. The highest BCUT2D eigenvalue weighted by Crippen LogP contribution is 2.38. The van der Waals surface area contributed by atoms with Crippen molar-refractivity contribution < 1.29 is 23.0 Å². The summed E-state index contributed by atoms with van der Waals surface area (Å²) in [5.74, 6) is -0.605. The lowest BCUT2D eigenvalue weighted by Crippen LogP contribution is -2.02. The van der Waals surface area contributed by atoms with Gasteiger partial charge < -0.3 is 14.0 Å². The zero-order chi connectivity index (χ0) is 22.4. The van der Waals surface area contributed by atoms with Gasteiger partial charge in [0.15, 0.2) is 5.76 Å². The van der Waals surface area contributed by atoms with Gasteiger partial charge in [-0.05, 0) is 42.8 Å². The van der Waals surface area contributed by atoms with Gasteiger partial charge in [0.2, 0.25) is 5.78 Å². The Morgan fingerprint density at radius 3 is 2.59 bits per heavy atom. The zero-order valence-electron chi connectivity index (χ0n) is 17.5. The predicted octanol–water partition coefficient (Wildman–Crippen LogP) is 5.96. The maximum absolute atomic E-state index is 13.9. The Bertz CT molecular complexity index is 1400. The molecule has 160 valence electrons. The van der Waals surface area contributed by atoms with E-state index in [0.29, 0.717) is 22.6 Å². The molecule has 0 atom stereocenters. The van der Waals surface area contributed by atoms with E-state index >= 15 is 0 Å². The molecule has 0 saturated carbocycles. The molecule has 5 rings (SSSR count). The molecular formula is C26H19F2NO3. The Labute approximate surface area is 183 Å². The molecule has 0 saturated heterocycles. The van der Waals surface area contributed by atoms with E-state index in [1.54, 1.807) is 25.1 Å². The number of hydrogen-bond donors (Lipinski definition) is 0. The molecule has 1 aliphatic rings. The Kier molecular flexibility index (Phi) is 4.78. The standard InChI is InChI=1S/C26H19F2NO3/c1-15-10-17(31-14-19-20(27)7-5-8-21(19)28)12-23-25(15)26(30)24(32-23)11-16-13-29(2)22-9-4-3-6-18(16)22/h3-13H,14H2,1-2H3/b24-11-. The van der Waals surface area contributed by atoms with Crippen LogP contribution in [0.5, 0.6) is 11.5 Å². The minimum Gasteiger partial charge on any atom is -0.489 e. The van der Waals surface area contributed by atoms with Crippen molar-refractivity contribution in [3.63, 3.8) is 0 Å². The van der Waals surface area contributed by atoms with Gasteiger partial charge in [-0.25, -0.2) is 8.78 Å². The van der Waals surface area contributed by atoms with Gasteiger partial charge in [0.1, 0.15) is 29.7 Å². The van der Waals surface area contributed by atoms with Gasteiger partial charge in [0.25, 0.3) is 0 Å². The van der Waals surface area contributed by atoms with Crippen LogP contribution in [-0.2, 0) is 13.7 Å². The fraction of sp³-hybridized carbons (Fsp3) is 0.115. The second-order valence-electron chi connectivity index (χ2n) is 7.75. The van der Waals surface area contributed by atoms with Crippen molar-refractivity contribution >= 4 is 22.8 Å². The maximum Gasteiger partial charge on any atom is 0.232 e. The molecule has 1 aromatic heterocycles. The van der Waals surface area contributed by atoms with E-state index in [1.165, 1.54) is 18.2 Å². The first kappa shape index (κ1) is 20.0. The normalized spacial score (nSPS) is 14.1. The van der Waals surface area contributed by atoms with Crippen LogP contribution in [0.3, 0.4) is 0 Å². The van der Waals surface area contributed by atoms with Crippen LogP contribution in [0.1, 0.15) is 27.0 Å². The summed E-state index contributed by atoms with van der Waals surface area (Å²) in [6, 6.07) is 14.8. The third-order valence-corrected chi connectivity index (χ3v) is 5.60. The number of ether oxygens (including phenoxy) is 2. The van der Waals surface area contributed by atoms with Crippen LogP contribution in [0.25, 0.3) is 17.0 Å². The van der Waals surface area contributed by atoms with Crippen molar-refractivity contribution in [1.29, 1.82) is 0 Å². The van der Waals surface area contributed by atoms with Crippen molar-refractivity contribution in [2.75, 3.05) is 0 Å². The number of Topliss-reactive ketones (excluding diaryl/α,β-unsaturated/α-hetero) is 1. The molecule has 0 bridgehead atoms. The summed E-state index contributed by atoms with van der Waals surface area (Å²) in [4.78, 5) is 13.0. The topological polar surface area (TPSA) is 40.5 Å². The maximum atomic E-state index is 13.9. The van der Waals surface area contributed by atoms with E-state index < -0.39 is 11.6 Å². The second-order valence-corrected chi connectivity index (χ2v) is 7.75. The van der Waals surface area contributed by atoms with E-state index in [-0.39, 0.29) is 23.7 Å². The van der Waals surface area contributed by atoms with Crippen LogP contribution in [0, 0.1) is 18.6 Å². The Hall–Kier alpha value is -3.93. The first-order chi connectivity index (χ1) is 15.4. The molecule has 3 aromatic carbocycles. The van der Waals surface area contributed by atoms with Crippen molar-refractivity contribution in [1.82, 2.24) is 4.57 Å². The van der Waals surface area contributed by atoms with Crippen molar-refractivity contribution in [3.05, 3.63) is 100 Å². The third-order valence-electron chi connectivity index (χ3n) is 5.60. The number of halogens is 2. The first-order valence-corrected chi connectivity index (χ1v) is 10.1. The van der Waals surface area contributed by atoms with E-state index in [9.17, 15) is 13.6 Å². The molecule has 1 aliphatic heterocycles. The summed E-state index contributed by atoms with van der Waals surface area (Å²) in [5.41, 5.74) is 2.90. The number of carbonyl (C=O) groups excluding carboxylic acids is 1. The van der Waals surface area contributed by atoms with E-state index in [2.05, 4.69) is 0 Å². The lowest BCUT2D eigenvalue weighted by atomic mass is 10.0. The van der Waals surface area contributed by atoms with E-state index in [0.717, 1.165) is 16.5 Å². The largest absolute Gasteiger partial charge is 0.489 e. The average Bonchev–Trinajstić information content (AvgIpc) is 3.25. The molecule has 0 N–H and O–H groups in total. The number of nitrogens with zero attached hydrogens (tertiary/aromatic N) is 1. The van der Waals surface area contributed by atoms with Crippen LogP contribution in [0.2, 0.25) is 0 Å². The van der Waals surface area contributed by atoms with Gasteiger partial charge in [0.05, 0.1) is 11.1 Å². The Morgan fingerprint density at radius 2 is 1.81 bits per heavy atom. The Morgan fingerprint density at radius 1 is 1.06 bits per heavy atom. The van der Waals surface area contributed by atoms with Crippen LogP contribution in [0.4, 0.5) is 8.78 Å². The van der Waals surface area contributed by atoms with Gasteiger partial charge in [-0.15, -0.1) is 0 Å². The molecule has 4 aromatic rings. The van der Waals surface area contributed by atoms with Gasteiger partial charge in [-0.2, -0.15) is 0 Å². The lowest BCUT2D eigenvalue weighted by Gasteiger charge is -2.10. The van der Waals surface area contributed by atoms with Gasteiger partial charge in [-0.1, -0.05) is 24.3 Å². The minimum absolute atomic E-state index is 0.154. The minimum atomic E-state index is -0.672. The van der Waals surface area contributed by atoms with Crippen molar-refractivity contribution in [2.24, 2.45) is 7.05 Å². The number of carbonyl (C=O) groups is 1. The fourth-order valence-corrected chi connectivity index (χ4v) is 4.02. The fourth-order valence-electron chi connectivity index (χ4n) is 4.02. The molecule has 0 amide bonds. The second kappa shape index (κ2) is 7.64. The lowest BCUT2D eigenvalue weighted by molar-refractivity contribution is 0.101. The molecule has 0 fully saturated rings. The summed E-state index contributed by atoms with van der Waals surface area (Å²) >= 11 is 0. The van der Waals surface area contributed by atoms with E-state index in [1.807, 2.05) is 42.1 Å². The predicted molar refractivity (Wildman–Crippen MR) is 118 cm³/mol. The quantitative estimate of drug-likeness (QED) is 0.374.